The van der Waals surface area contributed by atoms with Gasteiger partial charge in [0, 0.05) is 11.8 Å². The van der Waals surface area contributed by atoms with Gasteiger partial charge in [0.05, 0.1) is 0 Å². The highest BCUT2D eigenvalue weighted by molar-refractivity contribution is 5.97. The maximum atomic E-state index is 14.8. The van der Waals surface area contributed by atoms with Gasteiger partial charge in [0.15, 0.2) is 23.0 Å². The van der Waals surface area contributed by atoms with Crippen LogP contribution in [0.15, 0.2) is 12.1 Å². The Kier molecular flexibility index (Phi) is 5.10. The van der Waals surface area contributed by atoms with E-state index >= 15 is 0 Å². The smallest absolute Gasteiger partial charge is 0.395 e. The fraction of sp³-hybridized carbons (Fsp3) is 0.609. The van der Waals surface area contributed by atoms with Gasteiger partial charge >= 0.3 is 6.29 Å². The second-order valence-corrected chi connectivity index (χ2v) is 9.85. The Balaban J connectivity index is 1.44. The Bertz CT molecular complexity index is 1210. The van der Waals surface area contributed by atoms with Crippen LogP contribution in [0.4, 0.5) is 19.1 Å². The van der Waals surface area contributed by atoms with E-state index in [1.165, 1.54) is 10.6 Å². The second-order valence-electron chi connectivity index (χ2n) is 9.85. The Morgan fingerprint density at radius 3 is 2.76 bits per heavy atom. The van der Waals surface area contributed by atoms with Gasteiger partial charge < -0.3 is 15.2 Å². The standard InChI is InChI=1S/C23H28F3N5O2/c1-12(13(2)14-6-4-5-9-22(3,24)11-14)10-17-28-20-15-7-8-16-19(33-23(25,26)32-16)18(15)29-21(27)31(20)30-17/h7-8,12-14H,4-6,9-11H2,1-3H3,(H2,27,29). The van der Waals surface area contributed by atoms with Crippen molar-refractivity contribution in [2.24, 2.45) is 17.8 Å². The molecule has 0 spiro atoms. The quantitative estimate of drug-likeness (QED) is 0.528. The van der Waals surface area contributed by atoms with Gasteiger partial charge in [-0.1, -0.05) is 33.1 Å². The van der Waals surface area contributed by atoms with Gasteiger partial charge in [-0.3, -0.25) is 0 Å². The van der Waals surface area contributed by atoms with E-state index in [4.69, 9.17) is 5.73 Å². The molecule has 1 aromatic carbocycles. The molecule has 1 fully saturated rings. The largest absolute Gasteiger partial charge is 0.586 e. The molecule has 0 bridgehead atoms. The predicted octanol–water partition coefficient (Wildman–Crippen LogP) is 5.30. The normalized spacial score (nSPS) is 26.4. The van der Waals surface area contributed by atoms with Gasteiger partial charge in [0.25, 0.3) is 0 Å². The molecular weight excluding hydrogens is 435 g/mol. The molecule has 0 saturated heterocycles. The summed E-state index contributed by atoms with van der Waals surface area (Å²) in [7, 11) is 0. The first-order chi connectivity index (χ1) is 15.5. The second kappa shape index (κ2) is 7.63. The fourth-order valence-electron chi connectivity index (χ4n) is 5.27. The van der Waals surface area contributed by atoms with E-state index in [1.54, 1.807) is 13.0 Å². The Labute approximate surface area is 189 Å². The highest BCUT2D eigenvalue weighted by Gasteiger charge is 2.45. The zero-order valence-electron chi connectivity index (χ0n) is 18.9. The number of ether oxygens (including phenoxy) is 2. The SMILES string of the molecule is CC(Cc1nc2c3ccc4c(c3nc(N)n2n1)OC(F)(F)O4)C(C)C1CCCCC(C)(F)C1. The number of alkyl halides is 3. The summed E-state index contributed by atoms with van der Waals surface area (Å²) in [5, 5.41) is 5.01. The number of benzene rings is 1. The van der Waals surface area contributed by atoms with Crippen molar-refractivity contribution in [1.29, 1.82) is 0 Å². The molecule has 0 amide bonds. The van der Waals surface area contributed by atoms with Crippen molar-refractivity contribution in [3.63, 3.8) is 0 Å². The number of nitrogens with zero attached hydrogens (tertiary/aromatic N) is 4. The van der Waals surface area contributed by atoms with E-state index in [0.29, 0.717) is 48.0 Å². The first kappa shape index (κ1) is 22.0. The molecule has 2 N–H and O–H groups in total. The van der Waals surface area contributed by atoms with Crippen LogP contribution in [-0.4, -0.2) is 31.5 Å². The number of rotatable bonds is 4. The van der Waals surface area contributed by atoms with Crippen LogP contribution >= 0.6 is 0 Å². The molecule has 178 valence electrons. The van der Waals surface area contributed by atoms with Crippen molar-refractivity contribution in [3.05, 3.63) is 18.0 Å². The zero-order chi connectivity index (χ0) is 23.5. The molecule has 33 heavy (non-hydrogen) atoms. The molecule has 5 rings (SSSR count). The van der Waals surface area contributed by atoms with Gasteiger partial charge in [0.2, 0.25) is 5.95 Å². The summed E-state index contributed by atoms with van der Waals surface area (Å²) >= 11 is 0. The lowest BCUT2D eigenvalue weighted by Crippen LogP contribution is -2.27. The number of hydrogen-bond acceptors (Lipinski definition) is 6. The molecule has 3 aromatic rings. The number of nitrogens with two attached hydrogens (primary N) is 1. The van der Waals surface area contributed by atoms with Gasteiger partial charge in [-0.15, -0.1) is 13.9 Å². The molecule has 1 aliphatic carbocycles. The predicted molar refractivity (Wildman–Crippen MR) is 117 cm³/mol. The van der Waals surface area contributed by atoms with E-state index in [1.807, 2.05) is 0 Å². The summed E-state index contributed by atoms with van der Waals surface area (Å²) < 4.78 is 52.5. The average molecular weight is 464 g/mol. The summed E-state index contributed by atoms with van der Waals surface area (Å²) in [6, 6.07) is 2.99. The average Bonchev–Trinajstić information content (AvgIpc) is 3.23. The monoisotopic (exact) mass is 463 g/mol. The van der Waals surface area contributed by atoms with Crippen molar-refractivity contribution < 1.29 is 22.6 Å². The van der Waals surface area contributed by atoms with Gasteiger partial charge in [-0.05, 0) is 49.7 Å². The first-order valence-corrected chi connectivity index (χ1v) is 11.5. The highest BCUT2D eigenvalue weighted by Crippen LogP contribution is 2.46. The summed E-state index contributed by atoms with van der Waals surface area (Å²) in [6.45, 7) is 6.03. The van der Waals surface area contributed by atoms with Crippen LogP contribution < -0.4 is 15.2 Å². The number of aromatic nitrogens is 4. The van der Waals surface area contributed by atoms with Crippen LogP contribution in [0.25, 0.3) is 16.6 Å². The summed E-state index contributed by atoms with van der Waals surface area (Å²) in [6.07, 6.45) is 1.06. The molecule has 2 aliphatic rings. The van der Waals surface area contributed by atoms with Crippen molar-refractivity contribution in [2.45, 2.75) is 71.3 Å². The fourth-order valence-corrected chi connectivity index (χ4v) is 5.27. The van der Waals surface area contributed by atoms with Crippen LogP contribution in [0.5, 0.6) is 11.5 Å². The van der Waals surface area contributed by atoms with Crippen molar-refractivity contribution >= 4 is 22.5 Å². The Morgan fingerprint density at radius 1 is 1.18 bits per heavy atom. The molecule has 4 atom stereocenters. The molecule has 0 radical (unpaired) electrons. The minimum atomic E-state index is -3.75. The number of nitrogen functional groups attached to an aromatic ring is 1. The molecule has 4 unspecified atom stereocenters. The topological polar surface area (TPSA) is 87.6 Å². The van der Waals surface area contributed by atoms with Crippen LogP contribution in [0.2, 0.25) is 0 Å². The van der Waals surface area contributed by atoms with Crippen LogP contribution in [0.1, 0.15) is 58.7 Å². The molecule has 10 heteroatoms. The summed E-state index contributed by atoms with van der Waals surface area (Å²) in [5.41, 5.74) is 5.53. The number of hydrogen-bond donors (Lipinski definition) is 1. The maximum Gasteiger partial charge on any atom is 0.586 e. The van der Waals surface area contributed by atoms with Crippen LogP contribution in [0.3, 0.4) is 0 Å². The van der Waals surface area contributed by atoms with E-state index in [2.05, 4.69) is 38.4 Å². The minimum absolute atomic E-state index is 0.0149. The van der Waals surface area contributed by atoms with Crippen LogP contribution in [0, 0.1) is 17.8 Å². The van der Waals surface area contributed by atoms with E-state index in [-0.39, 0.29) is 28.9 Å². The van der Waals surface area contributed by atoms with Crippen LogP contribution in [-0.2, 0) is 6.42 Å². The van der Waals surface area contributed by atoms with E-state index in [9.17, 15) is 13.2 Å². The van der Waals surface area contributed by atoms with E-state index in [0.717, 1.165) is 19.3 Å². The maximum absolute atomic E-state index is 14.8. The molecule has 1 aliphatic heterocycles. The number of anilines is 1. The third-order valence-electron chi connectivity index (χ3n) is 7.24. The lowest BCUT2D eigenvalue weighted by atomic mass is 9.76. The molecule has 2 aromatic heterocycles. The lowest BCUT2D eigenvalue weighted by molar-refractivity contribution is -0.286. The van der Waals surface area contributed by atoms with Crippen molar-refractivity contribution in [3.8, 4) is 11.5 Å². The third kappa shape index (κ3) is 4.04. The first-order valence-electron chi connectivity index (χ1n) is 11.5. The van der Waals surface area contributed by atoms with Gasteiger partial charge in [-0.25, -0.2) is 14.4 Å². The molecular formula is C23H28F3N5O2. The number of halogens is 3. The Hall–Kier alpha value is -2.78. The summed E-state index contributed by atoms with van der Waals surface area (Å²) in [5.74, 6) is 1.16. The van der Waals surface area contributed by atoms with Gasteiger partial charge in [-0.2, -0.15) is 4.52 Å². The molecule has 7 nitrogen and oxygen atoms in total. The molecule has 3 heterocycles. The number of fused-ring (bicyclic) bond motifs is 5. The summed E-state index contributed by atoms with van der Waals surface area (Å²) in [4.78, 5) is 8.88. The van der Waals surface area contributed by atoms with Gasteiger partial charge in [0.1, 0.15) is 11.2 Å². The van der Waals surface area contributed by atoms with Crippen molar-refractivity contribution in [2.75, 3.05) is 5.73 Å². The minimum Gasteiger partial charge on any atom is -0.395 e. The third-order valence-corrected chi connectivity index (χ3v) is 7.24. The van der Waals surface area contributed by atoms with E-state index < -0.39 is 12.0 Å². The highest BCUT2D eigenvalue weighted by atomic mass is 19.3. The lowest BCUT2D eigenvalue weighted by Gasteiger charge is -2.31. The molecule has 1 saturated carbocycles. The Morgan fingerprint density at radius 2 is 1.97 bits per heavy atom. The zero-order valence-corrected chi connectivity index (χ0v) is 18.9. The van der Waals surface area contributed by atoms with Crippen molar-refractivity contribution in [1.82, 2.24) is 19.6 Å².